The Balaban J connectivity index is 1.67. The van der Waals surface area contributed by atoms with Crippen LogP contribution in [0.1, 0.15) is 47.4 Å². The maximum atomic E-state index is 13.7. The zero-order valence-electron chi connectivity index (χ0n) is 23.5. The summed E-state index contributed by atoms with van der Waals surface area (Å²) < 4.78 is 84.1. The quantitative estimate of drug-likeness (QED) is 0.336. The van der Waals surface area contributed by atoms with E-state index in [0.717, 1.165) is 23.9 Å². The number of pyridine rings is 1. The molecule has 0 aliphatic carbocycles. The third kappa shape index (κ3) is 7.66. The average Bonchev–Trinajstić information content (AvgIpc) is 3.08. The van der Waals surface area contributed by atoms with Gasteiger partial charge in [0.1, 0.15) is 23.5 Å². The van der Waals surface area contributed by atoms with Gasteiger partial charge in [-0.2, -0.15) is 13.2 Å². The van der Waals surface area contributed by atoms with Gasteiger partial charge in [-0.3, -0.25) is 19.4 Å². The maximum absolute atomic E-state index is 13.7. The van der Waals surface area contributed by atoms with Crippen LogP contribution in [0.4, 0.5) is 32.0 Å². The van der Waals surface area contributed by atoms with Gasteiger partial charge in [0.15, 0.2) is 0 Å². The minimum atomic E-state index is -5.09. The number of alkyl halides is 6. The molecule has 0 unspecified atom stereocenters. The fourth-order valence-corrected chi connectivity index (χ4v) is 4.97. The van der Waals surface area contributed by atoms with Crippen molar-refractivity contribution in [1.29, 1.82) is 0 Å². The number of nitrogens with one attached hydrogen (secondary N) is 2. The molecule has 8 nitrogen and oxygen atoms in total. The molecule has 14 heteroatoms. The van der Waals surface area contributed by atoms with E-state index in [0.29, 0.717) is 18.2 Å². The molecule has 0 saturated carbocycles. The van der Waals surface area contributed by atoms with Crippen molar-refractivity contribution in [3.8, 4) is 5.75 Å². The molecule has 2 heterocycles. The third-order valence-corrected chi connectivity index (χ3v) is 6.89. The first-order chi connectivity index (χ1) is 20.7. The van der Waals surface area contributed by atoms with E-state index in [-0.39, 0.29) is 18.0 Å². The first-order valence-corrected chi connectivity index (χ1v) is 13.5. The van der Waals surface area contributed by atoms with Crippen molar-refractivity contribution in [1.82, 2.24) is 15.6 Å². The molecule has 2 atom stereocenters. The van der Waals surface area contributed by atoms with Gasteiger partial charge in [0.25, 0.3) is 5.91 Å². The highest BCUT2D eigenvalue weighted by Crippen LogP contribution is 2.32. The van der Waals surface area contributed by atoms with Crippen molar-refractivity contribution in [3.63, 3.8) is 0 Å². The standard InChI is InChI=1S/C30H28F6N4O4/c1-17(2)40-23-11-5-3-8-18(23)13-14-21(28(40)43)38-26(41)22(16-19-9-4-6-12-24(19)44-30(34,35)36)39-27(42)25-20(29(31,32)33)10-7-15-37-25/h3-12,15,17,21-22H,13-14,16H2,1-2H3,(H,38,41)(H,39,42)/t21-,22-/m1/s1. The monoisotopic (exact) mass is 622 g/mol. The number of para-hydroxylation sites is 2. The van der Waals surface area contributed by atoms with Gasteiger partial charge < -0.3 is 20.3 Å². The van der Waals surface area contributed by atoms with E-state index >= 15 is 0 Å². The van der Waals surface area contributed by atoms with Gasteiger partial charge in [-0.25, -0.2) is 0 Å². The van der Waals surface area contributed by atoms with Crippen LogP contribution in [-0.4, -0.2) is 47.2 Å². The molecule has 1 aliphatic rings. The van der Waals surface area contributed by atoms with Crippen molar-refractivity contribution >= 4 is 23.4 Å². The number of benzene rings is 2. The van der Waals surface area contributed by atoms with E-state index in [2.05, 4.69) is 20.4 Å². The Bertz CT molecular complexity index is 1530. The summed E-state index contributed by atoms with van der Waals surface area (Å²) in [5.74, 6) is -3.53. The highest BCUT2D eigenvalue weighted by atomic mass is 19.4. The smallest absolute Gasteiger partial charge is 0.406 e. The molecule has 3 aromatic rings. The average molecular weight is 623 g/mol. The molecule has 0 saturated heterocycles. The summed E-state index contributed by atoms with van der Waals surface area (Å²) in [6.45, 7) is 3.56. The SMILES string of the molecule is CC(C)N1C(=O)[C@H](NC(=O)[C@@H](Cc2ccccc2OC(F)(F)F)NC(=O)c2ncccc2C(F)(F)F)CCc2ccccc21. The predicted octanol–water partition coefficient (Wildman–Crippen LogP) is 5.21. The van der Waals surface area contributed by atoms with Crippen LogP contribution in [0.5, 0.6) is 5.75 Å². The fraction of sp³-hybridized carbons (Fsp3) is 0.333. The van der Waals surface area contributed by atoms with E-state index in [1.807, 2.05) is 6.07 Å². The number of aromatic nitrogens is 1. The van der Waals surface area contributed by atoms with Crippen molar-refractivity contribution in [2.75, 3.05) is 4.90 Å². The molecule has 1 aromatic heterocycles. The molecular formula is C30H28F6N4O4. The van der Waals surface area contributed by atoms with Crippen LogP contribution >= 0.6 is 0 Å². The molecule has 3 amide bonds. The summed E-state index contributed by atoms with van der Waals surface area (Å²) in [4.78, 5) is 45.4. The lowest BCUT2D eigenvalue weighted by Gasteiger charge is -2.30. The first kappa shape index (κ1) is 32.3. The zero-order valence-corrected chi connectivity index (χ0v) is 23.5. The largest absolute Gasteiger partial charge is 0.573 e. The van der Waals surface area contributed by atoms with Crippen LogP contribution in [0.2, 0.25) is 0 Å². The van der Waals surface area contributed by atoms with Gasteiger partial charge in [-0.05, 0) is 62.1 Å². The third-order valence-electron chi connectivity index (χ3n) is 6.89. The number of hydrogen-bond acceptors (Lipinski definition) is 5. The van der Waals surface area contributed by atoms with Crippen LogP contribution in [0, 0.1) is 0 Å². The molecule has 0 spiro atoms. The minimum Gasteiger partial charge on any atom is -0.406 e. The molecule has 234 valence electrons. The van der Waals surface area contributed by atoms with Gasteiger partial charge in [-0.15, -0.1) is 13.2 Å². The lowest BCUT2D eigenvalue weighted by atomic mass is 10.0. The number of rotatable bonds is 8. The first-order valence-electron chi connectivity index (χ1n) is 13.5. The lowest BCUT2D eigenvalue weighted by Crippen LogP contribution is -2.55. The Morgan fingerprint density at radius 1 is 1.00 bits per heavy atom. The Morgan fingerprint density at radius 3 is 2.36 bits per heavy atom. The van der Waals surface area contributed by atoms with Crippen LogP contribution in [0.25, 0.3) is 0 Å². The van der Waals surface area contributed by atoms with Crippen molar-refractivity contribution < 1.29 is 45.5 Å². The van der Waals surface area contributed by atoms with Crippen molar-refractivity contribution in [2.24, 2.45) is 0 Å². The summed E-state index contributed by atoms with van der Waals surface area (Å²) in [7, 11) is 0. The van der Waals surface area contributed by atoms with Crippen LogP contribution in [0.3, 0.4) is 0 Å². The number of amides is 3. The van der Waals surface area contributed by atoms with E-state index in [9.17, 15) is 40.7 Å². The van der Waals surface area contributed by atoms with Gasteiger partial charge in [0, 0.05) is 24.3 Å². The normalized spacial score (nSPS) is 16.2. The highest BCUT2D eigenvalue weighted by Gasteiger charge is 2.39. The van der Waals surface area contributed by atoms with E-state index in [1.54, 1.807) is 32.0 Å². The number of fused-ring (bicyclic) bond motifs is 1. The second-order valence-electron chi connectivity index (χ2n) is 10.3. The molecule has 0 bridgehead atoms. The summed E-state index contributed by atoms with van der Waals surface area (Å²) in [5, 5.41) is 4.75. The zero-order chi connectivity index (χ0) is 32.2. The van der Waals surface area contributed by atoms with Crippen LogP contribution < -0.4 is 20.3 Å². The number of anilines is 1. The molecule has 0 radical (unpaired) electrons. The molecular weight excluding hydrogens is 594 g/mol. The number of nitrogens with zero attached hydrogens (tertiary/aromatic N) is 2. The topological polar surface area (TPSA) is 101 Å². The van der Waals surface area contributed by atoms with Crippen LogP contribution in [0.15, 0.2) is 66.9 Å². The Kier molecular flexibility index (Phi) is 9.50. The molecule has 2 aromatic carbocycles. The second-order valence-corrected chi connectivity index (χ2v) is 10.3. The van der Waals surface area contributed by atoms with E-state index in [4.69, 9.17) is 0 Å². The Labute approximate surface area is 248 Å². The predicted molar refractivity (Wildman–Crippen MR) is 147 cm³/mol. The maximum Gasteiger partial charge on any atom is 0.573 e. The van der Waals surface area contributed by atoms with Crippen molar-refractivity contribution in [3.05, 3.63) is 89.2 Å². The minimum absolute atomic E-state index is 0.151. The van der Waals surface area contributed by atoms with E-state index in [1.165, 1.54) is 23.1 Å². The number of halogens is 6. The molecule has 1 aliphatic heterocycles. The van der Waals surface area contributed by atoms with Gasteiger partial charge in [-0.1, -0.05) is 36.4 Å². The molecule has 44 heavy (non-hydrogen) atoms. The lowest BCUT2D eigenvalue weighted by molar-refractivity contribution is -0.274. The summed E-state index contributed by atoms with van der Waals surface area (Å²) in [5.41, 5.74) is -1.08. The molecule has 2 N–H and O–H groups in total. The van der Waals surface area contributed by atoms with E-state index < -0.39 is 65.8 Å². The highest BCUT2D eigenvalue weighted by molar-refractivity contribution is 6.02. The number of hydrogen-bond donors (Lipinski definition) is 2. The number of carbonyl (C=O) groups excluding carboxylic acids is 3. The van der Waals surface area contributed by atoms with Crippen LogP contribution in [-0.2, 0) is 28.6 Å². The molecule has 4 rings (SSSR count). The molecule has 0 fully saturated rings. The fourth-order valence-electron chi connectivity index (χ4n) is 4.97. The summed E-state index contributed by atoms with van der Waals surface area (Å²) in [6.07, 6.45) is -9.18. The number of ether oxygens (including phenoxy) is 1. The van der Waals surface area contributed by atoms with Gasteiger partial charge in [0.2, 0.25) is 11.8 Å². The second kappa shape index (κ2) is 12.9. The Hall–Kier alpha value is -4.62. The van der Waals surface area contributed by atoms with Gasteiger partial charge >= 0.3 is 12.5 Å². The summed E-state index contributed by atoms with van der Waals surface area (Å²) >= 11 is 0. The van der Waals surface area contributed by atoms with Gasteiger partial charge in [0.05, 0.1) is 5.56 Å². The Morgan fingerprint density at radius 2 is 1.68 bits per heavy atom. The number of carbonyl (C=O) groups is 3. The number of aryl methyl sites for hydroxylation is 1. The summed E-state index contributed by atoms with van der Waals surface area (Å²) in [6, 6.07) is 10.5. The van der Waals surface area contributed by atoms with Crippen molar-refractivity contribution in [2.45, 2.75) is 63.8 Å².